The average molecular weight is 610 g/mol. The lowest BCUT2D eigenvalue weighted by atomic mass is 9.95. The third-order valence-electron chi connectivity index (χ3n) is 8.17. The molecule has 1 aliphatic heterocycles. The monoisotopic (exact) mass is 609 g/mol. The van der Waals surface area contributed by atoms with Gasteiger partial charge < -0.3 is 5.32 Å². The Hall–Kier alpha value is -3.96. The van der Waals surface area contributed by atoms with Gasteiger partial charge in [0.25, 0.3) is 12.0 Å². The summed E-state index contributed by atoms with van der Waals surface area (Å²) in [6.45, 7) is 5.39. The van der Waals surface area contributed by atoms with Gasteiger partial charge in [0, 0.05) is 54.1 Å². The minimum absolute atomic E-state index is 0.148. The topological polar surface area (TPSA) is 80.9 Å². The van der Waals surface area contributed by atoms with Crippen LogP contribution >= 0.6 is 11.6 Å². The second kappa shape index (κ2) is 11.6. The maximum Gasteiger partial charge on any atom is 0.259 e. The summed E-state index contributed by atoms with van der Waals surface area (Å²) in [6.07, 6.45) is 2.82. The highest BCUT2D eigenvalue weighted by Crippen LogP contribution is 2.36. The largest absolute Gasteiger partial charge is 0.377 e. The molecule has 1 aromatic carbocycles. The predicted molar refractivity (Wildman–Crippen MR) is 162 cm³/mol. The van der Waals surface area contributed by atoms with Gasteiger partial charge in [0.05, 0.1) is 30.3 Å². The minimum atomic E-state index is -2.36. The molecule has 1 N–H and O–H groups in total. The van der Waals surface area contributed by atoms with Crippen LogP contribution in [0.4, 0.5) is 18.9 Å². The number of benzene rings is 1. The molecular formula is C31H31ClF3N7O. The van der Waals surface area contributed by atoms with Crippen LogP contribution in [0.25, 0.3) is 33.1 Å². The summed E-state index contributed by atoms with van der Waals surface area (Å²) in [5.74, 6) is -0.374. The minimum Gasteiger partial charge on any atom is -0.377 e. The number of hydrogen-bond acceptors (Lipinski definition) is 6. The summed E-state index contributed by atoms with van der Waals surface area (Å²) in [6, 6.07) is 8.52. The van der Waals surface area contributed by atoms with Crippen molar-refractivity contribution in [2.45, 2.75) is 39.3 Å². The summed E-state index contributed by atoms with van der Waals surface area (Å²) in [5.41, 5.74) is 3.49. The van der Waals surface area contributed by atoms with Crippen LogP contribution in [0, 0.1) is 18.7 Å². The SMILES string of the molecule is Cc1cc(C(C)Nc2ccc(Cl)nc2-c2ccncc2F)c2c(c1)c(=O)n(C)c1c2cnn1CC1CCN(CC(F)F)C1. The van der Waals surface area contributed by atoms with Crippen molar-refractivity contribution in [1.29, 1.82) is 0 Å². The predicted octanol–water partition coefficient (Wildman–Crippen LogP) is 6.21. The fourth-order valence-electron chi connectivity index (χ4n) is 6.25. The van der Waals surface area contributed by atoms with Crippen LogP contribution in [0.3, 0.4) is 0 Å². The number of fused-ring (bicyclic) bond motifs is 3. The number of hydrogen-bond donors (Lipinski definition) is 1. The van der Waals surface area contributed by atoms with E-state index in [4.69, 9.17) is 11.6 Å². The van der Waals surface area contributed by atoms with Crippen molar-refractivity contribution in [1.82, 2.24) is 29.2 Å². The lowest BCUT2D eigenvalue weighted by Crippen LogP contribution is -2.27. The Kier molecular flexibility index (Phi) is 7.87. The molecule has 5 aromatic rings. The van der Waals surface area contributed by atoms with Gasteiger partial charge in [-0.15, -0.1) is 0 Å². The number of anilines is 1. The first-order valence-corrected chi connectivity index (χ1v) is 14.5. The molecule has 43 heavy (non-hydrogen) atoms. The molecule has 0 saturated carbocycles. The smallest absolute Gasteiger partial charge is 0.259 e. The van der Waals surface area contributed by atoms with Crippen LogP contribution in [0.1, 0.15) is 30.5 Å². The highest BCUT2D eigenvalue weighted by atomic mass is 35.5. The normalized spacial score (nSPS) is 16.5. The Balaban J connectivity index is 1.42. The molecule has 4 aromatic heterocycles. The van der Waals surface area contributed by atoms with E-state index in [1.807, 2.05) is 30.7 Å². The van der Waals surface area contributed by atoms with Crippen molar-refractivity contribution in [2.75, 3.05) is 25.0 Å². The Morgan fingerprint density at radius 3 is 2.74 bits per heavy atom. The second-order valence-electron chi connectivity index (χ2n) is 11.3. The van der Waals surface area contributed by atoms with E-state index in [1.54, 1.807) is 40.9 Å². The molecule has 1 saturated heterocycles. The van der Waals surface area contributed by atoms with Crippen LogP contribution in [0.2, 0.25) is 5.15 Å². The molecule has 0 bridgehead atoms. The Morgan fingerprint density at radius 1 is 1.16 bits per heavy atom. The Morgan fingerprint density at radius 2 is 1.98 bits per heavy atom. The van der Waals surface area contributed by atoms with Crippen LogP contribution in [0.15, 0.2) is 53.7 Å². The molecular weight excluding hydrogens is 579 g/mol. The van der Waals surface area contributed by atoms with Crippen LogP contribution in [0.5, 0.6) is 0 Å². The van der Waals surface area contributed by atoms with E-state index >= 15 is 0 Å². The van der Waals surface area contributed by atoms with Crippen molar-refractivity contribution < 1.29 is 13.2 Å². The third kappa shape index (κ3) is 5.59. The zero-order chi connectivity index (χ0) is 30.4. The van der Waals surface area contributed by atoms with E-state index in [0.717, 1.165) is 34.5 Å². The van der Waals surface area contributed by atoms with E-state index in [0.29, 0.717) is 42.0 Å². The standard InChI is InChI=1S/C31H31ClF3N7O/c1-17-10-21(18(2)38-25-4-5-26(32)39-29(25)20-6-8-36-13-24(20)33)28-22(11-17)31(43)40(3)30-23(28)12-37-42(30)15-19-7-9-41(14-19)16-27(34)35/h4-6,8,10-13,18-19,27,38H,7,9,14-16H2,1-3H3. The summed E-state index contributed by atoms with van der Waals surface area (Å²) < 4.78 is 44.0. The van der Waals surface area contributed by atoms with Crippen LogP contribution in [-0.4, -0.2) is 55.3 Å². The molecule has 2 unspecified atom stereocenters. The summed E-state index contributed by atoms with van der Waals surface area (Å²) in [7, 11) is 1.73. The van der Waals surface area contributed by atoms with E-state index in [2.05, 4.69) is 20.4 Å². The van der Waals surface area contributed by atoms with Crippen molar-refractivity contribution in [3.8, 4) is 11.3 Å². The molecule has 0 spiro atoms. The van der Waals surface area contributed by atoms with Gasteiger partial charge >= 0.3 is 0 Å². The summed E-state index contributed by atoms with van der Waals surface area (Å²) in [4.78, 5) is 23.8. The van der Waals surface area contributed by atoms with Crippen LogP contribution in [-0.2, 0) is 13.6 Å². The number of likely N-dealkylation sites (tertiary alicyclic amines) is 1. The lowest BCUT2D eigenvalue weighted by Gasteiger charge is -2.21. The maximum absolute atomic E-state index is 14.7. The number of aromatic nitrogens is 5. The molecule has 224 valence electrons. The van der Waals surface area contributed by atoms with Gasteiger partial charge in [0.1, 0.15) is 10.8 Å². The number of nitrogens with one attached hydrogen (secondary N) is 1. The lowest BCUT2D eigenvalue weighted by molar-refractivity contribution is 0.0975. The fraction of sp³-hybridized carbons (Fsp3) is 0.355. The molecule has 5 heterocycles. The molecule has 12 heteroatoms. The first kappa shape index (κ1) is 29.1. The van der Waals surface area contributed by atoms with Gasteiger partial charge in [0.15, 0.2) is 5.82 Å². The van der Waals surface area contributed by atoms with E-state index in [9.17, 15) is 18.0 Å². The molecule has 2 atom stereocenters. The summed E-state index contributed by atoms with van der Waals surface area (Å²) in [5, 5.41) is 10.5. The molecule has 0 amide bonds. The Labute approximate surface area is 251 Å². The first-order chi connectivity index (χ1) is 20.6. The third-order valence-corrected chi connectivity index (χ3v) is 8.38. The molecule has 6 rings (SSSR count). The molecule has 8 nitrogen and oxygen atoms in total. The number of pyridine rings is 3. The Bertz CT molecular complexity index is 1890. The maximum atomic E-state index is 14.7. The zero-order valence-corrected chi connectivity index (χ0v) is 24.7. The number of alkyl halides is 2. The van der Waals surface area contributed by atoms with Gasteiger partial charge in [-0.1, -0.05) is 17.7 Å². The van der Waals surface area contributed by atoms with Gasteiger partial charge in [-0.2, -0.15) is 5.10 Å². The van der Waals surface area contributed by atoms with Gasteiger partial charge in [0.2, 0.25) is 0 Å². The van der Waals surface area contributed by atoms with Crippen molar-refractivity contribution >= 4 is 39.1 Å². The van der Waals surface area contributed by atoms with Gasteiger partial charge in [-0.25, -0.2) is 22.8 Å². The zero-order valence-electron chi connectivity index (χ0n) is 24.0. The molecule has 0 radical (unpaired) electrons. The van der Waals surface area contributed by atoms with Gasteiger partial charge in [-0.3, -0.25) is 19.2 Å². The molecule has 1 aliphatic rings. The highest BCUT2D eigenvalue weighted by Gasteiger charge is 2.27. The van der Waals surface area contributed by atoms with Gasteiger partial charge in [-0.05, 0) is 68.1 Å². The highest BCUT2D eigenvalue weighted by molar-refractivity contribution is 6.29. The van der Waals surface area contributed by atoms with E-state index in [-0.39, 0.29) is 34.8 Å². The quantitative estimate of drug-likeness (QED) is 0.211. The van der Waals surface area contributed by atoms with Crippen molar-refractivity contribution in [3.63, 3.8) is 0 Å². The molecule has 1 fully saturated rings. The number of aryl methyl sites for hydroxylation is 2. The van der Waals surface area contributed by atoms with E-state index in [1.165, 1.54) is 6.20 Å². The van der Waals surface area contributed by atoms with Crippen LogP contribution < -0.4 is 10.9 Å². The van der Waals surface area contributed by atoms with E-state index < -0.39 is 12.2 Å². The number of halogens is 4. The first-order valence-electron chi connectivity index (χ1n) is 14.1. The summed E-state index contributed by atoms with van der Waals surface area (Å²) >= 11 is 6.20. The van der Waals surface area contributed by atoms with Crippen molar-refractivity contribution in [3.05, 3.63) is 81.4 Å². The average Bonchev–Trinajstić information content (AvgIpc) is 3.59. The number of nitrogens with zero attached hydrogens (tertiary/aromatic N) is 6. The molecule has 0 aliphatic carbocycles. The van der Waals surface area contributed by atoms with Crippen molar-refractivity contribution in [2.24, 2.45) is 13.0 Å². The fourth-order valence-corrected chi connectivity index (χ4v) is 6.40. The number of rotatable bonds is 8. The second-order valence-corrected chi connectivity index (χ2v) is 11.6.